The van der Waals surface area contributed by atoms with Crippen molar-refractivity contribution in [3.05, 3.63) is 48.0 Å². The third-order valence-corrected chi connectivity index (χ3v) is 3.57. The maximum Gasteiger partial charge on any atom is 0.257 e. The summed E-state index contributed by atoms with van der Waals surface area (Å²) < 4.78 is 10.4. The summed E-state index contributed by atoms with van der Waals surface area (Å²) in [4.78, 5) is 22.4. The average molecular weight is 301 g/mol. The van der Waals surface area contributed by atoms with Gasteiger partial charge in [-0.05, 0) is 25.1 Å². The van der Waals surface area contributed by atoms with Gasteiger partial charge in [0.25, 0.3) is 5.91 Å². The highest BCUT2D eigenvalue weighted by atomic mass is 16.5. The zero-order valence-electron chi connectivity index (χ0n) is 13.1. The molecule has 0 N–H and O–H groups in total. The van der Waals surface area contributed by atoms with Crippen LogP contribution >= 0.6 is 0 Å². The summed E-state index contributed by atoms with van der Waals surface area (Å²) in [7, 11) is 4.83. The normalized spacial score (nSPS) is 11.6. The zero-order chi connectivity index (χ0) is 16.1. The topological polar surface area (TPSA) is 64.5 Å². The highest BCUT2D eigenvalue weighted by Crippen LogP contribution is 2.27. The van der Waals surface area contributed by atoms with Gasteiger partial charge in [-0.1, -0.05) is 0 Å². The van der Waals surface area contributed by atoms with Gasteiger partial charge in [-0.15, -0.1) is 0 Å². The molecule has 1 heterocycles. The number of hydrogen-bond donors (Lipinski definition) is 0. The molecule has 6 nitrogen and oxygen atoms in total. The minimum absolute atomic E-state index is 0.148. The molecule has 2 aromatic rings. The van der Waals surface area contributed by atoms with Crippen LogP contribution in [0.1, 0.15) is 29.0 Å². The standard InChI is InChI=1S/C16H19N3O3/c1-11(14-7-8-17-10-18-14)19(2)16(20)13-6-5-12(21-3)9-15(13)22-4/h5-11H,1-4H3. The van der Waals surface area contributed by atoms with Crippen molar-refractivity contribution in [2.45, 2.75) is 13.0 Å². The van der Waals surface area contributed by atoms with E-state index in [4.69, 9.17) is 9.47 Å². The van der Waals surface area contributed by atoms with Gasteiger partial charge in [-0.25, -0.2) is 9.97 Å². The number of amides is 1. The Kier molecular flexibility index (Phi) is 4.93. The first kappa shape index (κ1) is 15.8. The molecule has 1 aromatic heterocycles. The molecule has 1 unspecified atom stereocenters. The predicted octanol–water partition coefficient (Wildman–Crippen LogP) is 2.33. The van der Waals surface area contributed by atoms with Crippen molar-refractivity contribution in [1.82, 2.24) is 14.9 Å². The van der Waals surface area contributed by atoms with Crippen LogP contribution in [-0.4, -0.2) is 42.0 Å². The van der Waals surface area contributed by atoms with Crippen LogP contribution in [0.4, 0.5) is 0 Å². The number of nitrogens with zero attached hydrogens (tertiary/aromatic N) is 3. The minimum Gasteiger partial charge on any atom is -0.497 e. The highest BCUT2D eigenvalue weighted by Gasteiger charge is 2.22. The third kappa shape index (κ3) is 3.16. The van der Waals surface area contributed by atoms with Crippen molar-refractivity contribution in [3.63, 3.8) is 0 Å². The molecule has 0 aliphatic rings. The van der Waals surface area contributed by atoms with E-state index in [1.54, 1.807) is 49.5 Å². The van der Waals surface area contributed by atoms with Gasteiger partial charge < -0.3 is 14.4 Å². The van der Waals surface area contributed by atoms with Crippen molar-refractivity contribution in [2.75, 3.05) is 21.3 Å². The molecule has 1 aromatic carbocycles. The number of hydrogen-bond acceptors (Lipinski definition) is 5. The SMILES string of the molecule is COc1ccc(C(=O)N(C)C(C)c2ccncn2)c(OC)c1. The molecule has 2 rings (SSSR count). The Labute approximate surface area is 129 Å². The number of carbonyl (C=O) groups excluding carboxylic acids is 1. The molecule has 1 amide bonds. The van der Waals surface area contributed by atoms with Crippen molar-refractivity contribution in [1.29, 1.82) is 0 Å². The Morgan fingerprint density at radius 3 is 2.59 bits per heavy atom. The fourth-order valence-corrected chi connectivity index (χ4v) is 2.09. The number of aromatic nitrogens is 2. The summed E-state index contributed by atoms with van der Waals surface area (Å²) >= 11 is 0. The van der Waals surface area contributed by atoms with E-state index >= 15 is 0 Å². The summed E-state index contributed by atoms with van der Waals surface area (Å²) in [5, 5.41) is 0. The van der Waals surface area contributed by atoms with Gasteiger partial charge in [0.05, 0.1) is 31.5 Å². The molecule has 0 bridgehead atoms. The van der Waals surface area contributed by atoms with E-state index in [0.717, 1.165) is 5.69 Å². The van der Waals surface area contributed by atoms with Crippen molar-refractivity contribution < 1.29 is 14.3 Å². The van der Waals surface area contributed by atoms with Gasteiger partial charge in [0, 0.05) is 19.3 Å². The molecule has 0 saturated carbocycles. The number of carbonyl (C=O) groups is 1. The molecule has 22 heavy (non-hydrogen) atoms. The Balaban J connectivity index is 2.27. The second-order valence-corrected chi connectivity index (χ2v) is 4.79. The van der Waals surface area contributed by atoms with Gasteiger partial charge in [0.15, 0.2) is 0 Å². The van der Waals surface area contributed by atoms with Gasteiger partial charge in [0.1, 0.15) is 17.8 Å². The maximum absolute atomic E-state index is 12.7. The molecule has 0 aliphatic carbocycles. The Bertz CT molecular complexity index is 646. The van der Waals surface area contributed by atoms with E-state index in [0.29, 0.717) is 17.1 Å². The number of methoxy groups -OCH3 is 2. The highest BCUT2D eigenvalue weighted by molar-refractivity contribution is 5.97. The molecular formula is C16H19N3O3. The monoisotopic (exact) mass is 301 g/mol. The molecule has 0 fully saturated rings. The first-order chi connectivity index (χ1) is 10.6. The van der Waals surface area contributed by atoms with E-state index in [1.807, 2.05) is 6.92 Å². The summed E-state index contributed by atoms with van der Waals surface area (Å²) in [5.41, 5.74) is 1.25. The van der Waals surface area contributed by atoms with Crippen LogP contribution < -0.4 is 9.47 Å². The van der Waals surface area contributed by atoms with Gasteiger partial charge in [-0.2, -0.15) is 0 Å². The third-order valence-electron chi connectivity index (χ3n) is 3.57. The molecule has 6 heteroatoms. The minimum atomic E-state index is -0.178. The van der Waals surface area contributed by atoms with Gasteiger partial charge in [0.2, 0.25) is 0 Å². The maximum atomic E-state index is 12.7. The lowest BCUT2D eigenvalue weighted by atomic mass is 10.1. The van der Waals surface area contributed by atoms with Crippen LogP contribution in [0, 0.1) is 0 Å². The summed E-state index contributed by atoms with van der Waals surface area (Å²) in [6.45, 7) is 1.91. The Hall–Kier alpha value is -2.63. The molecule has 0 aliphatic heterocycles. The number of ether oxygens (including phenoxy) is 2. The zero-order valence-corrected chi connectivity index (χ0v) is 13.1. The van der Waals surface area contributed by atoms with Crippen LogP contribution in [0.2, 0.25) is 0 Å². The fraction of sp³-hybridized carbons (Fsp3) is 0.312. The first-order valence-corrected chi connectivity index (χ1v) is 6.83. The van der Waals surface area contributed by atoms with Gasteiger partial charge in [-0.3, -0.25) is 4.79 Å². The van der Waals surface area contributed by atoms with Crippen molar-refractivity contribution >= 4 is 5.91 Å². The van der Waals surface area contributed by atoms with Crippen LogP contribution in [0.15, 0.2) is 36.8 Å². The number of rotatable bonds is 5. The first-order valence-electron chi connectivity index (χ1n) is 6.83. The van der Waals surface area contributed by atoms with Gasteiger partial charge >= 0.3 is 0 Å². The fourth-order valence-electron chi connectivity index (χ4n) is 2.09. The smallest absolute Gasteiger partial charge is 0.257 e. The van der Waals surface area contributed by atoms with E-state index in [-0.39, 0.29) is 11.9 Å². The van der Waals surface area contributed by atoms with Crippen molar-refractivity contribution in [3.8, 4) is 11.5 Å². The Morgan fingerprint density at radius 1 is 1.23 bits per heavy atom. The van der Waals surface area contributed by atoms with Crippen LogP contribution in [0.3, 0.4) is 0 Å². The van der Waals surface area contributed by atoms with Crippen LogP contribution in [-0.2, 0) is 0 Å². The molecule has 116 valence electrons. The largest absolute Gasteiger partial charge is 0.497 e. The average Bonchev–Trinajstić information content (AvgIpc) is 2.59. The molecule has 0 radical (unpaired) electrons. The lowest BCUT2D eigenvalue weighted by Crippen LogP contribution is -2.30. The van der Waals surface area contributed by atoms with Crippen LogP contribution in [0.25, 0.3) is 0 Å². The second-order valence-electron chi connectivity index (χ2n) is 4.79. The second kappa shape index (κ2) is 6.89. The number of benzene rings is 1. The van der Waals surface area contributed by atoms with E-state index in [1.165, 1.54) is 13.4 Å². The van der Waals surface area contributed by atoms with Crippen LogP contribution in [0.5, 0.6) is 11.5 Å². The Morgan fingerprint density at radius 2 is 2.00 bits per heavy atom. The molecule has 0 saturated heterocycles. The van der Waals surface area contributed by atoms with E-state index in [2.05, 4.69) is 9.97 Å². The summed E-state index contributed by atoms with van der Waals surface area (Å²) in [6, 6.07) is 6.74. The van der Waals surface area contributed by atoms with E-state index < -0.39 is 0 Å². The molecule has 0 spiro atoms. The summed E-state index contributed by atoms with van der Waals surface area (Å²) in [6.07, 6.45) is 3.13. The molecule has 1 atom stereocenters. The predicted molar refractivity (Wildman–Crippen MR) is 82.1 cm³/mol. The molecular weight excluding hydrogens is 282 g/mol. The lowest BCUT2D eigenvalue weighted by molar-refractivity contribution is 0.0736. The summed E-state index contributed by atoms with van der Waals surface area (Å²) in [5.74, 6) is 0.969. The quantitative estimate of drug-likeness (QED) is 0.848. The lowest BCUT2D eigenvalue weighted by Gasteiger charge is -2.25. The van der Waals surface area contributed by atoms with E-state index in [9.17, 15) is 4.79 Å². The van der Waals surface area contributed by atoms with Crippen molar-refractivity contribution in [2.24, 2.45) is 0 Å².